The molecule has 0 aliphatic heterocycles. The first-order valence-corrected chi connectivity index (χ1v) is 7.70. The molecule has 0 heterocycles. The van der Waals surface area contributed by atoms with Crippen molar-refractivity contribution in [2.45, 2.75) is 19.8 Å². The molecule has 0 aromatic heterocycles. The minimum Gasteiger partial charge on any atom is -0.469 e. The first-order valence-electron chi connectivity index (χ1n) is 7.70. The van der Waals surface area contributed by atoms with Crippen LogP contribution in [0.3, 0.4) is 0 Å². The van der Waals surface area contributed by atoms with Crippen LogP contribution in [0.5, 0.6) is 0 Å². The van der Waals surface area contributed by atoms with Crippen LogP contribution in [0, 0.1) is 10.1 Å². The molecule has 0 radical (unpaired) electrons. The van der Waals surface area contributed by atoms with Crippen LogP contribution in [0.15, 0.2) is 24.3 Å². The monoisotopic (exact) mass is 351 g/mol. The number of carbonyl (C=O) groups excluding carboxylic acids is 3. The molecule has 1 aromatic carbocycles. The van der Waals surface area contributed by atoms with E-state index in [1.165, 1.54) is 43.2 Å². The second kappa shape index (κ2) is 10.0. The van der Waals surface area contributed by atoms with Gasteiger partial charge in [0.15, 0.2) is 0 Å². The Morgan fingerprint density at radius 3 is 2.36 bits per heavy atom. The molecule has 136 valence electrons. The molecule has 25 heavy (non-hydrogen) atoms. The van der Waals surface area contributed by atoms with E-state index in [9.17, 15) is 24.5 Å². The maximum Gasteiger partial charge on any atom is 0.307 e. The van der Waals surface area contributed by atoms with Crippen LogP contribution < -0.4 is 5.32 Å². The van der Waals surface area contributed by atoms with E-state index >= 15 is 0 Å². The molecule has 1 N–H and O–H groups in total. The van der Waals surface area contributed by atoms with Gasteiger partial charge in [0.1, 0.15) is 0 Å². The normalized spacial score (nSPS) is 10.0. The van der Waals surface area contributed by atoms with E-state index in [4.69, 9.17) is 0 Å². The Labute approximate surface area is 145 Å². The number of rotatable bonds is 9. The number of hydrogen-bond donors (Lipinski definition) is 1. The van der Waals surface area contributed by atoms with Gasteiger partial charge in [-0.25, -0.2) is 0 Å². The van der Waals surface area contributed by atoms with E-state index in [2.05, 4.69) is 10.1 Å². The lowest BCUT2D eigenvalue weighted by Crippen LogP contribution is -2.35. The summed E-state index contributed by atoms with van der Waals surface area (Å²) in [5, 5.41) is 13.3. The predicted molar refractivity (Wildman–Crippen MR) is 88.9 cm³/mol. The van der Waals surface area contributed by atoms with Gasteiger partial charge >= 0.3 is 5.97 Å². The Balaban J connectivity index is 2.76. The lowest BCUT2D eigenvalue weighted by Gasteiger charge is -2.22. The van der Waals surface area contributed by atoms with Crippen LogP contribution >= 0.6 is 0 Å². The van der Waals surface area contributed by atoms with Crippen molar-refractivity contribution in [1.82, 2.24) is 10.2 Å². The summed E-state index contributed by atoms with van der Waals surface area (Å²) in [7, 11) is 1.27. The zero-order chi connectivity index (χ0) is 18.8. The summed E-state index contributed by atoms with van der Waals surface area (Å²) in [5.74, 6) is -0.951. The molecule has 0 bridgehead atoms. The Kier molecular flexibility index (Phi) is 8.04. The lowest BCUT2D eigenvalue weighted by molar-refractivity contribution is -0.384. The summed E-state index contributed by atoms with van der Waals surface area (Å²) >= 11 is 0. The summed E-state index contributed by atoms with van der Waals surface area (Å²) < 4.78 is 4.58. The third-order valence-corrected chi connectivity index (χ3v) is 3.40. The molecule has 0 aliphatic carbocycles. The van der Waals surface area contributed by atoms with Crippen molar-refractivity contribution in [3.05, 3.63) is 39.9 Å². The zero-order valence-corrected chi connectivity index (χ0v) is 14.2. The Bertz CT molecular complexity index is 629. The van der Waals surface area contributed by atoms with Crippen LogP contribution in [-0.2, 0) is 14.3 Å². The highest BCUT2D eigenvalue weighted by atomic mass is 16.6. The molecule has 9 heteroatoms. The van der Waals surface area contributed by atoms with E-state index in [1.54, 1.807) is 0 Å². The van der Waals surface area contributed by atoms with Gasteiger partial charge in [0, 0.05) is 44.3 Å². The lowest BCUT2D eigenvalue weighted by atomic mass is 10.1. The quantitative estimate of drug-likeness (QED) is 0.308. The predicted octanol–water partition coefficient (Wildman–Crippen LogP) is 1.13. The second-order valence-corrected chi connectivity index (χ2v) is 5.26. The molecule has 0 unspecified atom stereocenters. The Morgan fingerprint density at radius 1 is 1.20 bits per heavy atom. The average Bonchev–Trinajstić information content (AvgIpc) is 2.60. The van der Waals surface area contributed by atoms with Crippen molar-refractivity contribution in [1.29, 1.82) is 0 Å². The number of methoxy groups -OCH3 is 1. The van der Waals surface area contributed by atoms with Gasteiger partial charge in [-0.05, 0) is 18.6 Å². The molecule has 0 spiro atoms. The van der Waals surface area contributed by atoms with Gasteiger partial charge in [-0.15, -0.1) is 0 Å². The number of carbonyl (C=O) groups is 3. The van der Waals surface area contributed by atoms with Gasteiger partial charge < -0.3 is 15.0 Å². The number of nitrogens with zero attached hydrogens (tertiary/aromatic N) is 2. The maximum absolute atomic E-state index is 12.6. The number of ether oxygens (including phenoxy) is 1. The van der Waals surface area contributed by atoms with Gasteiger partial charge in [-0.3, -0.25) is 24.5 Å². The number of benzene rings is 1. The molecule has 0 saturated carbocycles. The largest absolute Gasteiger partial charge is 0.469 e. The molecule has 1 rings (SSSR count). The summed E-state index contributed by atoms with van der Waals surface area (Å²) in [6, 6.07) is 5.25. The van der Waals surface area contributed by atoms with Gasteiger partial charge in [-0.2, -0.15) is 0 Å². The Hall–Kier alpha value is -2.97. The summed E-state index contributed by atoms with van der Waals surface area (Å²) in [5.41, 5.74) is 0.179. The van der Waals surface area contributed by atoms with Crippen molar-refractivity contribution >= 4 is 23.5 Å². The number of nitro groups is 1. The van der Waals surface area contributed by atoms with Gasteiger partial charge in [0.25, 0.3) is 11.6 Å². The zero-order valence-electron chi connectivity index (χ0n) is 14.2. The first kappa shape index (κ1) is 20.1. The molecular weight excluding hydrogens is 330 g/mol. The smallest absolute Gasteiger partial charge is 0.307 e. The molecule has 0 fully saturated rings. The highest BCUT2D eigenvalue weighted by Gasteiger charge is 2.18. The van der Waals surface area contributed by atoms with E-state index in [1.807, 2.05) is 0 Å². The maximum atomic E-state index is 12.6. The third kappa shape index (κ3) is 6.98. The van der Waals surface area contributed by atoms with Crippen molar-refractivity contribution in [3.8, 4) is 0 Å². The summed E-state index contributed by atoms with van der Waals surface area (Å²) in [6.45, 7) is 2.28. The molecule has 9 nitrogen and oxygen atoms in total. The summed E-state index contributed by atoms with van der Waals surface area (Å²) in [4.78, 5) is 46.4. The highest BCUT2D eigenvalue weighted by Crippen LogP contribution is 2.14. The van der Waals surface area contributed by atoms with Crippen LogP contribution in [-0.4, -0.2) is 54.4 Å². The fourth-order valence-corrected chi connectivity index (χ4v) is 2.09. The third-order valence-electron chi connectivity index (χ3n) is 3.40. The van der Waals surface area contributed by atoms with E-state index in [0.29, 0.717) is 19.5 Å². The van der Waals surface area contributed by atoms with Gasteiger partial charge in [0.05, 0.1) is 18.5 Å². The SMILES string of the molecule is COC(=O)CCN(CCCNC(C)=O)C(=O)c1ccc([N+](=O)[O-])cc1. The van der Waals surface area contributed by atoms with Crippen LogP contribution in [0.2, 0.25) is 0 Å². The number of nitro benzene ring substituents is 1. The Morgan fingerprint density at radius 2 is 1.84 bits per heavy atom. The number of nitrogens with one attached hydrogen (secondary N) is 1. The topological polar surface area (TPSA) is 119 Å². The van der Waals surface area contributed by atoms with E-state index in [-0.39, 0.29) is 36.0 Å². The fourth-order valence-electron chi connectivity index (χ4n) is 2.09. The van der Waals surface area contributed by atoms with Crippen LogP contribution in [0.1, 0.15) is 30.1 Å². The second-order valence-electron chi connectivity index (χ2n) is 5.26. The van der Waals surface area contributed by atoms with E-state index in [0.717, 1.165) is 0 Å². The highest BCUT2D eigenvalue weighted by molar-refractivity contribution is 5.94. The van der Waals surface area contributed by atoms with Gasteiger partial charge in [0.2, 0.25) is 5.91 Å². The number of non-ortho nitro benzene ring substituents is 1. The van der Waals surface area contributed by atoms with Crippen molar-refractivity contribution < 1.29 is 24.0 Å². The van der Waals surface area contributed by atoms with Crippen molar-refractivity contribution in [2.75, 3.05) is 26.7 Å². The minimum atomic E-state index is -0.545. The van der Waals surface area contributed by atoms with E-state index < -0.39 is 10.9 Å². The molecule has 0 aliphatic rings. The molecule has 0 saturated heterocycles. The number of esters is 1. The van der Waals surface area contributed by atoms with Crippen LogP contribution in [0.4, 0.5) is 5.69 Å². The minimum absolute atomic E-state index is 0.0371. The number of hydrogen-bond acceptors (Lipinski definition) is 6. The first-order chi connectivity index (χ1) is 11.8. The van der Waals surface area contributed by atoms with Crippen molar-refractivity contribution in [3.63, 3.8) is 0 Å². The summed E-state index contributed by atoms with van der Waals surface area (Å²) in [6.07, 6.45) is 0.550. The number of amides is 2. The standard InChI is InChI=1S/C16H21N3O6/c1-12(20)17-9-3-10-18(11-8-15(21)25-2)16(22)13-4-6-14(7-5-13)19(23)24/h4-7H,3,8-11H2,1-2H3,(H,17,20). The molecule has 0 atom stereocenters. The fraction of sp³-hybridized carbons (Fsp3) is 0.438. The molecule has 1 aromatic rings. The molecular formula is C16H21N3O6. The average molecular weight is 351 g/mol. The molecule has 2 amide bonds. The van der Waals surface area contributed by atoms with Gasteiger partial charge in [-0.1, -0.05) is 0 Å². The van der Waals surface area contributed by atoms with Crippen LogP contribution in [0.25, 0.3) is 0 Å². The van der Waals surface area contributed by atoms with Crippen molar-refractivity contribution in [2.24, 2.45) is 0 Å².